The lowest BCUT2D eigenvalue weighted by Gasteiger charge is -2.57. The SMILES string of the molecule is CC1(C)c2ccccc2-c2ccc(N(c3ccc(-c4ccc(C56CC7CC(CC(C7)C5)C6)cc4)cc3)c3cccc4c3oc3ccccc34)cc21. The maximum atomic E-state index is 6.64. The summed E-state index contributed by atoms with van der Waals surface area (Å²) in [6.07, 6.45) is 8.69. The average molecular weight is 662 g/mol. The first kappa shape index (κ1) is 29.6. The Hall–Kier alpha value is -5.08. The molecule has 0 N–H and O–H groups in total. The lowest BCUT2D eigenvalue weighted by molar-refractivity contribution is -0.00518. The molecule has 2 heteroatoms. The van der Waals surface area contributed by atoms with E-state index in [9.17, 15) is 0 Å². The van der Waals surface area contributed by atoms with Crippen LogP contribution in [0, 0.1) is 17.8 Å². The molecule has 4 saturated carbocycles. The summed E-state index contributed by atoms with van der Waals surface area (Å²) in [5.41, 5.74) is 15.0. The van der Waals surface area contributed by atoms with Crippen LogP contribution in [0.4, 0.5) is 17.1 Å². The molecule has 2 nitrogen and oxygen atoms in total. The van der Waals surface area contributed by atoms with Crippen molar-refractivity contribution in [3.05, 3.63) is 150 Å². The summed E-state index contributed by atoms with van der Waals surface area (Å²) in [5.74, 6) is 2.89. The topological polar surface area (TPSA) is 16.4 Å². The normalized spacial score (nSPS) is 23.8. The number of hydrogen-bond donors (Lipinski definition) is 0. The fourth-order valence-electron chi connectivity index (χ4n) is 11.5. The van der Waals surface area contributed by atoms with E-state index in [-0.39, 0.29) is 5.41 Å². The van der Waals surface area contributed by atoms with E-state index in [1.54, 1.807) is 5.56 Å². The summed E-state index contributed by atoms with van der Waals surface area (Å²) in [6, 6.07) is 49.7. The second-order valence-corrected chi connectivity index (χ2v) is 16.8. The molecule has 12 rings (SSSR count). The summed E-state index contributed by atoms with van der Waals surface area (Å²) in [4.78, 5) is 2.39. The molecule has 7 aromatic rings. The van der Waals surface area contributed by atoms with Crippen LogP contribution in [0.5, 0.6) is 0 Å². The minimum atomic E-state index is -0.0921. The van der Waals surface area contributed by atoms with Crippen LogP contribution in [0.3, 0.4) is 0 Å². The molecule has 5 aliphatic carbocycles. The van der Waals surface area contributed by atoms with Crippen molar-refractivity contribution < 1.29 is 4.42 Å². The molecule has 0 radical (unpaired) electrons. The van der Waals surface area contributed by atoms with Crippen LogP contribution in [0.15, 0.2) is 138 Å². The van der Waals surface area contributed by atoms with Gasteiger partial charge < -0.3 is 9.32 Å². The second-order valence-electron chi connectivity index (χ2n) is 16.8. The van der Waals surface area contributed by atoms with Gasteiger partial charge >= 0.3 is 0 Å². The zero-order valence-electron chi connectivity index (χ0n) is 29.5. The quantitative estimate of drug-likeness (QED) is 0.183. The van der Waals surface area contributed by atoms with E-state index in [0.29, 0.717) is 5.41 Å². The highest BCUT2D eigenvalue weighted by Crippen LogP contribution is 2.61. The molecule has 0 saturated heterocycles. The van der Waals surface area contributed by atoms with E-state index in [2.05, 4.69) is 152 Å². The van der Waals surface area contributed by atoms with Gasteiger partial charge in [-0.05, 0) is 137 Å². The Balaban J connectivity index is 1.00. The average Bonchev–Trinajstić information content (AvgIpc) is 3.64. The van der Waals surface area contributed by atoms with Crippen molar-refractivity contribution in [1.82, 2.24) is 0 Å². The summed E-state index contributed by atoms with van der Waals surface area (Å²) in [7, 11) is 0. The molecule has 0 aliphatic heterocycles. The summed E-state index contributed by atoms with van der Waals surface area (Å²) in [5, 5.41) is 2.28. The van der Waals surface area contributed by atoms with Crippen LogP contribution in [-0.2, 0) is 10.8 Å². The van der Waals surface area contributed by atoms with Gasteiger partial charge in [0.05, 0.1) is 5.69 Å². The Morgan fingerprint density at radius 1 is 0.549 bits per heavy atom. The molecule has 51 heavy (non-hydrogen) atoms. The molecule has 6 aromatic carbocycles. The first-order valence-electron chi connectivity index (χ1n) is 19.1. The van der Waals surface area contributed by atoms with Gasteiger partial charge in [0.2, 0.25) is 0 Å². The van der Waals surface area contributed by atoms with Crippen molar-refractivity contribution in [3.63, 3.8) is 0 Å². The Morgan fingerprint density at radius 3 is 1.90 bits per heavy atom. The van der Waals surface area contributed by atoms with Gasteiger partial charge in [-0.15, -0.1) is 0 Å². The number of nitrogens with zero attached hydrogens (tertiary/aromatic N) is 1. The van der Waals surface area contributed by atoms with Crippen molar-refractivity contribution >= 4 is 39.0 Å². The Labute approximate surface area is 300 Å². The van der Waals surface area contributed by atoms with Crippen LogP contribution in [0.25, 0.3) is 44.2 Å². The van der Waals surface area contributed by atoms with E-state index in [4.69, 9.17) is 4.42 Å². The number of fused-ring (bicyclic) bond motifs is 6. The van der Waals surface area contributed by atoms with Gasteiger partial charge in [-0.1, -0.05) is 111 Å². The van der Waals surface area contributed by atoms with E-state index in [0.717, 1.165) is 56.8 Å². The van der Waals surface area contributed by atoms with E-state index in [1.165, 1.54) is 71.9 Å². The van der Waals surface area contributed by atoms with Crippen LogP contribution >= 0.6 is 0 Å². The minimum Gasteiger partial charge on any atom is -0.454 e. The van der Waals surface area contributed by atoms with Gasteiger partial charge in [0.25, 0.3) is 0 Å². The fourth-order valence-corrected chi connectivity index (χ4v) is 11.5. The number of benzene rings is 6. The summed E-state index contributed by atoms with van der Waals surface area (Å²) < 4.78 is 6.64. The van der Waals surface area contributed by atoms with Gasteiger partial charge in [-0.2, -0.15) is 0 Å². The highest BCUT2D eigenvalue weighted by molar-refractivity contribution is 6.10. The van der Waals surface area contributed by atoms with Crippen molar-refractivity contribution in [2.24, 2.45) is 17.8 Å². The molecule has 0 unspecified atom stereocenters. The standard InChI is InChI=1S/C49H43NO/c1-48(2)43-11-5-3-8-39(43)40-23-22-38(27-44(40)48)50(45-12-7-10-42-41-9-4-6-13-46(41)51-47(42)45)37-20-16-35(17-21-37)34-14-18-36(19-15-34)49-28-31-24-32(29-49)26-33(25-31)30-49/h3-23,27,31-33H,24-26,28-30H2,1-2H3. The molecule has 250 valence electrons. The molecule has 0 atom stereocenters. The molecule has 0 spiro atoms. The molecular formula is C49H43NO. The number of furan rings is 1. The van der Waals surface area contributed by atoms with E-state index < -0.39 is 0 Å². The molecule has 1 aromatic heterocycles. The number of hydrogen-bond acceptors (Lipinski definition) is 2. The lowest BCUT2D eigenvalue weighted by atomic mass is 9.48. The van der Waals surface area contributed by atoms with Gasteiger partial charge in [0, 0.05) is 27.6 Å². The van der Waals surface area contributed by atoms with Crippen molar-refractivity contribution in [3.8, 4) is 22.3 Å². The largest absolute Gasteiger partial charge is 0.454 e. The molecule has 4 fully saturated rings. The smallest absolute Gasteiger partial charge is 0.159 e. The second kappa shape index (κ2) is 10.7. The zero-order chi connectivity index (χ0) is 33.9. The van der Waals surface area contributed by atoms with Gasteiger partial charge in [-0.3, -0.25) is 0 Å². The highest BCUT2D eigenvalue weighted by Gasteiger charge is 2.51. The van der Waals surface area contributed by atoms with Crippen molar-refractivity contribution in [2.45, 2.75) is 63.2 Å². The maximum Gasteiger partial charge on any atom is 0.159 e. The zero-order valence-corrected chi connectivity index (χ0v) is 29.5. The van der Waals surface area contributed by atoms with Crippen LogP contribution < -0.4 is 4.90 Å². The van der Waals surface area contributed by atoms with Crippen LogP contribution in [0.2, 0.25) is 0 Å². The van der Waals surface area contributed by atoms with Crippen molar-refractivity contribution in [2.75, 3.05) is 4.90 Å². The minimum absolute atomic E-state index is 0.0921. The highest BCUT2D eigenvalue weighted by atomic mass is 16.3. The third-order valence-electron chi connectivity index (χ3n) is 13.4. The Kier molecular flexibility index (Phi) is 6.23. The van der Waals surface area contributed by atoms with Crippen LogP contribution in [0.1, 0.15) is 69.1 Å². The molecule has 4 bridgehead atoms. The predicted molar refractivity (Wildman–Crippen MR) is 211 cm³/mol. The van der Waals surface area contributed by atoms with E-state index in [1.807, 2.05) is 0 Å². The molecule has 1 heterocycles. The first-order valence-corrected chi connectivity index (χ1v) is 19.1. The monoisotopic (exact) mass is 661 g/mol. The maximum absolute atomic E-state index is 6.64. The number of para-hydroxylation sites is 2. The van der Waals surface area contributed by atoms with E-state index >= 15 is 0 Å². The number of rotatable bonds is 5. The Morgan fingerprint density at radius 2 is 1.16 bits per heavy atom. The third-order valence-corrected chi connectivity index (χ3v) is 13.4. The molecular weight excluding hydrogens is 619 g/mol. The third kappa shape index (κ3) is 4.41. The summed E-state index contributed by atoms with van der Waals surface area (Å²) >= 11 is 0. The Bertz CT molecular complexity index is 2440. The van der Waals surface area contributed by atoms with Crippen LogP contribution in [-0.4, -0.2) is 0 Å². The first-order chi connectivity index (χ1) is 24.9. The van der Waals surface area contributed by atoms with Gasteiger partial charge in [0.15, 0.2) is 5.58 Å². The van der Waals surface area contributed by atoms with Gasteiger partial charge in [0.1, 0.15) is 5.58 Å². The number of anilines is 3. The lowest BCUT2D eigenvalue weighted by Crippen LogP contribution is -2.48. The fraction of sp³-hybridized carbons (Fsp3) is 0.265. The molecule has 5 aliphatic rings. The van der Waals surface area contributed by atoms with Crippen molar-refractivity contribution in [1.29, 1.82) is 0 Å². The van der Waals surface area contributed by atoms with Gasteiger partial charge in [-0.25, -0.2) is 0 Å². The molecule has 0 amide bonds. The summed E-state index contributed by atoms with van der Waals surface area (Å²) in [6.45, 7) is 4.71. The predicted octanol–water partition coefficient (Wildman–Crippen LogP) is 13.5.